The molecule has 0 radical (unpaired) electrons. The van der Waals surface area contributed by atoms with Crippen molar-refractivity contribution in [2.75, 3.05) is 19.0 Å². The number of benzene rings is 1. The van der Waals surface area contributed by atoms with Crippen LogP contribution in [0.15, 0.2) is 42.0 Å². The number of rotatable bonds is 2. The third-order valence-corrected chi connectivity index (χ3v) is 3.68. The van der Waals surface area contributed by atoms with Crippen molar-refractivity contribution in [2.45, 2.75) is 0 Å². The summed E-state index contributed by atoms with van der Waals surface area (Å²) in [6.07, 6.45) is 1.91. The molecule has 0 N–H and O–H groups in total. The third-order valence-electron chi connectivity index (χ3n) is 2.87. The van der Waals surface area contributed by atoms with Gasteiger partial charge < -0.3 is 4.90 Å². The van der Waals surface area contributed by atoms with Crippen molar-refractivity contribution in [1.29, 1.82) is 0 Å². The molecule has 18 heavy (non-hydrogen) atoms. The van der Waals surface area contributed by atoms with Crippen LogP contribution in [-0.4, -0.2) is 24.1 Å². The number of pyridine rings is 1. The molecule has 0 amide bonds. The van der Waals surface area contributed by atoms with E-state index in [0.29, 0.717) is 0 Å². The molecule has 0 bridgehead atoms. The molecule has 0 saturated heterocycles. The number of hydrogen-bond acceptors (Lipinski definition) is 4. The molecule has 0 aliphatic rings. The Balaban J connectivity index is 2.02. The van der Waals surface area contributed by atoms with Crippen LogP contribution in [0.2, 0.25) is 0 Å². The van der Waals surface area contributed by atoms with Crippen molar-refractivity contribution in [1.82, 2.24) is 9.97 Å². The maximum absolute atomic E-state index is 4.43. The fourth-order valence-electron chi connectivity index (χ4n) is 1.86. The summed E-state index contributed by atoms with van der Waals surface area (Å²) in [5.74, 6) is 0.966. The molecule has 0 aliphatic heterocycles. The second-order valence-electron chi connectivity index (χ2n) is 4.33. The van der Waals surface area contributed by atoms with Crippen molar-refractivity contribution in [2.24, 2.45) is 0 Å². The van der Waals surface area contributed by atoms with E-state index in [0.717, 1.165) is 22.5 Å². The molecule has 0 saturated carbocycles. The van der Waals surface area contributed by atoms with Crippen LogP contribution in [0.1, 0.15) is 0 Å². The van der Waals surface area contributed by atoms with Gasteiger partial charge in [0.2, 0.25) is 0 Å². The van der Waals surface area contributed by atoms with Gasteiger partial charge >= 0.3 is 0 Å². The summed E-state index contributed by atoms with van der Waals surface area (Å²) in [7, 11) is 3.98. The first kappa shape index (κ1) is 11.2. The zero-order valence-electron chi connectivity index (χ0n) is 10.3. The van der Waals surface area contributed by atoms with Crippen LogP contribution < -0.4 is 4.90 Å². The van der Waals surface area contributed by atoms with Crippen molar-refractivity contribution in [3.8, 4) is 11.1 Å². The maximum Gasteiger partial charge on any atom is 0.127 e. The molecule has 3 rings (SSSR count). The highest BCUT2D eigenvalue weighted by molar-refractivity contribution is 7.16. The van der Waals surface area contributed by atoms with Crippen molar-refractivity contribution < 1.29 is 0 Å². The molecule has 90 valence electrons. The number of thiazole rings is 1. The monoisotopic (exact) mass is 255 g/mol. The second-order valence-corrected chi connectivity index (χ2v) is 5.22. The van der Waals surface area contributed by atoms with E-state index in [2.05, 4.69) is 34.2 Å². The van der Waals surface area contributed by atoms with E-state index in [1.54, 1.807) is 11.3 Å². The molecule has 2 aromatic heterocycles. The summed E-state index contributed by atoms with van der Waals surface area (Å²) >= 11 is 1.66. The summed E-state index contributed by atoms with van der Waals surface area (Å²) in [5.41, 5.74) is 5.21. The topological polar surface area (TPSA) is 29.0 Å². The summed E-state index contributed by atoms with van der Waals surface area (Å²) in [6, 6.07) is 10.5. The lowest BCUT2D eigenvalue weighted by atomic mass is 10.1. The summed E-state index contributed by atoms with van der Waals surface area (Å²) in [5, 5.41) is 0. The number of fused-ring (bicyclic) bond motifs is 1. The summed E-state index contributed by atoms with van der Waals surface area (Å²) in [4.78, 5) is 10.8. The van der Waals surface area contributed by atoms with Gasteiger partial charge in [-0.25, -0.2) is 9.97 Å². The number of nitrogens with zero attached hydrogens (tertiary/aromatic N) is 3. The van der Waals surface area contributed by atoms with Gasteiger partial charge in [-0.2, -0.15) is 0 Å². The Kier molecular flexibility index (Phi) is 2.72. The molecule has 3 aromatic rings. The van der Waals surface area contributed by atoms with Gasteiger partial charge in [0.05, 0.1) is 15.7 Å². The third kappa shape index (κ3) is 1.95. The maximum atomic E-state index is 4.43. The second kappa shape index (κ2) is 4.38. The Hall–Kier alpha value is -1.94. The van der Waals surface area contributed by atoms with Crippen LogP contribution in [0, 0.1) is 0 Å². The van der Waals surface area contributed by atoms with E-state index in [4.69, 9.17) is 0 Å². The molecule has 0 fully saturated rings. The average Bonchev–Trinajstić information content (AvgIpc) is 2.86. The highest BCUT2D eigenvalue weighted by Gasteiger charge is 2.03. The van der Waals surface area contributed by atoms with E-state index < -0.39 is 0 Å². The van der Waals surface area contributed by atoms with Crippen LogP contribution in [0.3, 0.4) is 0 Å². The van der Waals surface area contributed by atoms with Gasteiger partial charge in [0.25, 0.3) is 0 Å². The highest BCUT2D eigenvalue weighted by Crippen LogP contribution is 2.26. The van der Waals surface area contributed by atoms with Crippen LogP contribution in [0.5, 0.6) is 0 Å². The molecule has 2 heterocycles. The first-order valence-electron chi connectivity index (χ1n) is 5.71. The van der Waals surface area contributed by atoms with Gasteiger partial charge in [-0.3, -0.25) is 0 Å². The first-order valence-corrected chi connectivity index (χ1v) is 6.59. The Labute approximate surface area is 110 Å². The minimum Gasteiger partial charge on any atom is -0.363 e. The fourth-order valence-corrected chi connectivity index (χ4v) is 2.52. The minimum absolute atomic E-state index is 0.966. The predicted molar refractivity (Wildman–Crippen MR) is 77.2 cm³/mol. The largest absolute Gasteiger partial charge is 0.363 e. The van der Waals surface area contributed by atoms with Crippen molar-refractivity contribution in [3.05, 3.63) is 42.0 Å². The molecular weight excluding hydrogens is 242 g/mol. The Morgan fingerprint density at radius 3 is 2.56 bits per heavy atom. The van der Waals surface area contributed by atoms with Gasteiger partial charge in [-0.05, 0) is 29.8 Å². The van der Waals surface area contributed by atoms with Gasteiger partial charge in [-0.15, -0.1) is 11.3 Å². The molecule has 3 nitrogen and oxygen atoms in total. The smallest absolute Gasteiger partial charge is 0.127 e. The lowest BCUT2D eigenvalue weighted by molar-refractivity contribution is 1.07. The Morgan fingerprint density at radius 1 is 1.00 bits per heavy atom. The molecule has 0 atom stereocenters. The number of anilines is 1. The van der Waals surface area contributed by atoms with Gasteiger partial charge in [0.1, 0.15) is 5.82 Å². The fraction of sp³-hybridized carbons (Fsp3) is 0.143. The lowest BCUT2D eigenvalue weighted by Crippen LogP contribution is -2.09. The number of aromatic nitrogens is 2. The Morgan fingerprint density at radius 2 is 1.83 bits per heavy atom. The minimum atomic E-state index is 0.966. The average molecular weight is 255 g/mol. The highest BCUT2D eigenvalue weighted by atomic mass is 32.1. The Bertz CT molecular complexity index is 671. The summed E-state index contributed by atoms with van der Waals surface area (Å²) in [6.45, 7) is 0. The van der Waals surface area contributed by atoms with E-state index >= 15 is 0 Å². The van der Waals surface area contributed by atoms with Crippen LogP contribution >= 0.6 is 11.3 Å². The molecular formula is C14H13N3S. The zero-order chi connectivity index (χ0) is 12.5. The van der Waals surface area contributed by atoms with E-state index in [-0.39, 0.29) is 0 Å². The SMILES string of the molecule is CN(C)c1ccc(-c2ccc3scnc3c2)cn1. The van der Waals surface area contributed by atoms with E-state index in [9.17, 15) is 0 Å². The predicted octanol–water partition coefficient (Wildman–Crippen LogP) is 3.42. The molecule has 0 spiro atoms. The first-order chi connectivity index (χ1) is 8.74. The summed E-state index contributed by atoms with van der Waals surface area (Å²) < 4.78 is 1.22. The normalized spacial score (nSPS) is 10.8. The van der Waals surface area contributed by atoms with E-state index in [1.165, 1.54) is 4.70 Å². The van der Waals surface area contributed by atoms with Gasteiger partial charge in [0.15, 0.2) is 0 Å². The molecule has 0 aliphatic carbocycles. The quantitative estimate of drug-likeness (QED) is 0.702. The van der Waals surface area contributed by atoms with Gasteiger partial charge in [0, 0.05) is 25.9 Å². The molecule has 4 heteroatoms. The van der Waals surface area contributed by atoms with Crippen molar-refractivity contribution >= 4 is 27.4 Å². The molecule has 1 aromatic carbocycles. The lowest BCUT2D eigenvalue weighted by Gasteiger charge is -2.11. The zero-order valence-corrected chi connectivity index (χ0v) is 11.1. The van der Waals surface area contributed by atoms with E-state index in [1.807, 2.05) is 36.8 Å². The van der Waals surface area contributed by atoms with Crippen LogP contribution in [0.4, 0.5) is 5.82 Å². The molecule has 0 unspecified atom stereocenters. The van der Waals surface area contributed by atoms with Gasteiger partial charge in [-0.1, -0.05) is 6.07 Å². The standard InChI is InChI=1S/C14H13N3S/c1-17(2)14-6-4-11(8-15-14)10-3-5-13-12(7-10)16-9-18-13/h3-9H,1-2H3. The van der Waals surface area contributed by atoms with Crippen molar-refractivity contribution in [3.63, 3.8) is 0 Å². The number of hydrogen-bond donors (Lipinski definition) is 0. The van der Waals surface area contributed by atoms with Crippen LogP contribution in [0.25, 0.3) is 21.3 Å². The van der Waals surface area contributed by atoms with Crippen LogP contribution in [-0.2, 0) is 0 Å².